The third-order valence-corrected chi connectivity index (χ3v) is 19.1. The minimum Gasteiger partial charge on any atom is -0.408 e. The summed E-state index contributed by atoms with van der Waals surface area (Å²) in [7, 11) is -2.35. The van der Waals surface area contributed by atoms with Crippen LogP contribution in [-0.4, -0.2) is 58.7 Å². The highest BCUT2D eigenvalue weighted by Gasteiger charge is 2.55. The van der Waals surface area contributed by atoms with Crippen LogP contribution in [0.5, 0.6) is 0 Å². The van der Waals surface area contributed by atoms with Crippen molar-refractivity contribution in [1.29, 1.82) is 0 Å². The predicted molar refractivity (Wildman–Crippen MR) is 161 cm³/mol. The molecule has 2 saturated heterocycles. The fourth-order valence-corrected chi connectivity index (χ4v) is 13.6. The zero-order valence-corrected chi connectivity index (χ0v) is 27.7. The summed E-state index contributed by atoms with van der Waals surface area (Å²) in [5.74, 6) is 0.417. The number of nitrogens with one attached hydrogen (secondary N) is 1. The summed E-state index contributed by atoms with van der Waals surface area (Å²) in [5, 5.41) is 11.3. The van der Waals surface area contributed by atoms with Gasteiger partial charge in [-0.15, -0.1) is 0 Å². The molecule has 3 aliphatic rings. The van der Waals surface area contributed by atoms with Gasteiger partial charge in [-0.2, -0.15) is 0 Å². The molecular formula is C26H43N2O7PS2Si. The predicted octanol–water partition coefficient (Wildman–Crippen LogP) is 5.00. The molecule has 4 rings (SSSR count). The molecule has 1 aliphatic carbocycles. The Kier molecular flexibility index (Phi) is 8.79. The average Bonchev–Trinajstić information content (AvgIpc) is 3.25. The Balaban J connectivity index is 1.57. The largest absolute Gasteiger partial charge is 0.408 e. The van der Waals surface area contributed by atoms with E-state index in [9.17, 15) is 14.7 Å². The average molecular weight is 619 g/mol. The van der Waals surface area contributed by atoms with Gasteiger partial charge >= 0.3 is 5.69 Å². The van der Waals surface area contributed by atoms with Crippen molar-refractivity contribution in [1.82, 2.24) is 9.55 Å². The maximum Gasteiger partial charge on any atom is 0.330 e. The van der Waals surface area contributed by atoms with Crippen molar-refractivity contribution in [2.75, 3.05) is 6.61 Å². The number of aliphatic hydroxyl groups is 1. The quantitative estimate of drug-likeness (QED) is 0.248. The van der Waals surface area contributed by atoms with E-state index in [4.69, 9.17) is 30.0 Å². The van der Waals surface area contributed by atoms with E-state index in [1.807, 2.05) is 0 Å². The van der Waals surface area contributed by atoms with Gasteiger partial charge in [0.05, 0.1) is 12.7 Å². The smallest absolute Gasteiger partial charge is 0.330 e. The number of allylic oxidation sites excluding steroid dienone is 1. The minimum atomic E-state index is -2.70. The number of aromatic nitrogens is 2. The van der Waals surface area contributed by atoms with Crippen LogP contribution in [0.1, 0.15) is 65.7 Å². The van der Waals surface area contributed by atoms with Crippen molar-refractivity contribution in [3.8, 4) is 0 Å². The Morgan fingerprint density at radius 2 is 2.08 bits per heavy atom. The van der Waals surface area contributed by atoms with Crippen molar-refractivity contribution in [3.63, 3.8) is 0 Å². The van der Waals surface area contributed by atoms with Gasteiger partial charge < -0.3 is 23.3 Å². The Morgan fingerprint density at radius 3 is 2.69 bits per heavy atom. The zero-order valence-electron chi connectivity index (χ0n) is 24.2. The molecule has 1 saturated carbocycles. The first-order valence-corrected chi connectivity index (χ1v) is 20.5. The van der Waals surface area contributed by atoms with Crippen molar-refractivity contribution in [2.45, 2.75) is 114 Å². The van der Waals surface area contributed by atoms with Gasteiger partial charge in [0.2, 0.25) is 5.69 Å². The van der Waals surface area contributed by atoms with Gasteiger partial charge in [-0.1, -0.05) is 44.3 Å². The Bertz CT molecular complexity index is 1280. The van der Waals surface area contributed by atoms with Crippen LogP contribution in [0.25, 0.3) is 0 Å². The highest BCUT2D eigenvalue weighted by molar-refractivity contribution is 8.68. The molecule has 3 fully saturated rings. The molecule has 1 aromatic rings. The molecular weight excluding hydrogens is 575 g/mol. The standard InChI is InChI=1S/C26H43N2O7PS2Si/c1-15(2)17-10-11-26(7)19(12-17)34-36(37,38-26)32-14-18-21(35-39(8,9)25(4,5)6)20(29)23(33-18)28-13-16(3)22(30)27-24(28)31/h13,17-21,23,29H,1,10-12,14H2,2-9H3,(H,27,30,31)/t17-,18+,19+,20+,21+,23+,26+,36+/m0/s1. The van der Waals surface area contributed by atoms with Crippen LogP contribution in [-0.2, 0) is 30.0 Å². The molecule has 0 unspecified atom stereocenters. The molecule has 0 spiro atoms. The van der Waals surface area contributed by atoms with E-state index in [-0.39, 0.29) is 22.5 Å². The fourth-order valence-electron chi connectivity index (χ4n) is 5.13. The number of rotatable bonds is 7. The molecule has 0 amide bonds. The maximum atomic E-state index is 12.7. The van der Waals surface area contributed by atoms with E-state index in [0.29, 0.717) is 11.5 Å². The number of aryl methyl sites for hydroxylation is 1. The number of aromatic amines is 1. The summed E-state index contributed by atoms with van der Waals surface area (Å²) in [6, 6.07) is 0. The molecule has 1 aromatic heterocycles. The first-order valence-electron chi connectivity index (χ1n) is 13.5. The number of hydrogen-bond acceptors (Lipinski definition) is 9. The van der Waals surface area contributed by atoms with Crippen LogP contribution < -0.4 is 11.2 Å². The fraction of sp³-hybridized carbons (Fsp3) is 0.769. The van der Waals surface area contributed by atoms with Crippen molar-refractivity contribution in [2.24, 2.45) is 5.92 Å². The van der Waals surface area contributed by atoms with Crippen LogP contribution in [0.4, 0.5) is 0 Å². The first kappa shape index (κ1) is 31.4. The normalized spacial score (nSPS) is 37.2. The molecule has 39 heavy (non-hydrogen) atoms. The molecule has 3 heterocycles. The maximum absolute atomic E-state index is 12.7. The van der Waals surface area contributed by atoms with Gasteiger partial charge in [-0.3, -0.25) is 14.3 Å². The van der Waals surface area contributed by atoms with Gasteiger partial charge in [0.15, 0.2) is 14.5 Å². The summed E-state index contributed by atoms with van der Waals surface area (Å²) in [4.78, 5) is 26.9. The Hall–Kier alpha value is -0.563. The molecule has 0 aromatic carbocycles. The molecule has 8 atom stereocenters. The monoisotopic (exact) mass is 618 g/mol. The van der Waals surface area contributed by atoms with Gasteiger partial charge in [0.1, 0.15) is 18.3 Å². The highest BCUT2D eigenvalue weighted by atomic mass is 32.9. The molecule has 9 nitrogen and oxygen atoms in total. The van der Waals surface area contributed by atoms with Crippen LogP contribution in [0.2, 0.25) is 18.1 Å². The van der Waals surface area contributed by atoms with Gasteiger partial charge in [-0.25, -0.2) is 4.79 Å². The van der Waals surface area contributed by atoms with E-state index >= 15 is 0 Å². The van der Waals surface area contributed by atoms with Crippen LogP contribution >= 0.6 is 17.1 Å². The number of hydrogen-bond donors (Lipinski definition) is 2. The number of ether oxygens (including phenoxy) is 1. The van der Waals surface area contributed by atoms with Crippen molar-refractivity contribution < 1.29 is 23.3 Å². The van der Waals surface area contributed by atoms with Crippen molar-refractivity contribution in [3.05, 3.63) is 44.8 Å². The number of H-pyrrole nitrogens is 1. The summed E-state index contributed by atoms with van der Waals surface area (Å²) in [6.45, 7) is 20.6. The third-order valence-electron chi connectivity index (χ3n) is 8.81. The Labute approximate surface area is 241 Å². The van der Waals surface area contributed by atoms with E-state index in [2.05, 4.69) is 59.3 Å². The Morgan fingerprint density at radius 1 is 1.41 bits per heavy atom. The van der Waals surface area contributed by atoms with Gasteiger partial charge in [0, 0.05) is 16.5 Å². The lowest BCUT2D eigenvalue weighted by molar-refractivity contribution is -0.0517. The number of aliphatic hydroxyl groups excluding tert-OH is 1. The summed E-state index contributed by atoms with van der Waals surface area (Å²) < 4.78 is 26.8. The second-order valence-electron chi connectivity index (χ2n) is 12.9. The van der Waals surface area contributed by atoms with Crippen LogP contribution in [0, 0.1) is 12.8 Å². The topological polar surface area (TPSA) is 112 Å². The van der Waals surface area contributed by atoms with Crippen molar-refractivity contribution >= 4 is 37.2 Å². The minimum absolute atomic E-state index is 0.00593. The molecule has 13 heteroatoms. The highest BCUT2D eigenvalue weighted by Crippen LogP contribution is 2.75. The van der Waals surface area contributed by atoms with E-state index in [0.717, 1.165) is 19.3 Å². The zero-order chi connectivity index (χ0) is 29.1. The second kappa shape index (κ2) is 10.9. The lowest BCUT2D eigenvalue weighted by atomic mass is 9.77. The summed E-state index contributed by atoms with van der Waals surface area (Å²) >= 11 is 7.59. The lowest BCUT2D eigenvalue weighted by Crippen LogP contribution is -2.50. The van der Waals surface area contributed by atoms with Gasteiger partial charge in [-0.05, 0) is 75.9 Å². The van der Waals surface area contributed by atoms with E-state index in [1.165, 1.54) is 16.3 Å². The lowest BCUT2D eigenvalue weighted by Gasteiger charge is -2.40. The van der Waals surface area contributed by atoms with Crippen LogP contribution in [0.3, 0.4) is 0 Å². The first-order chi connectivity index (χ1) is 17.9. The molecule has 2 N–H and O–H groups in total. The number of nitrogens with zero attached hydrogens (tertiary/aromatic N) is 1. The molecule has 220 valence electrons. The summed E-state index contributed by atoms with van der Waals surface area (Å²) in [5.41, 5.74) is -2.33. The summed E-state index contributed by atoms with van der Waals surface area (Å²) in [6.07, 6.45) is 0.657. The van der Waals surface area contributed by atoms with Crippen LogP contribution in [0.15, 0.2) is 27.9 Å². The third kappa shape index (κ3) is 6.29. The number of fused-ring (bicyclic) bond motifs is 1. The second-order valence-corrected chi connectivity index (χ2v) is 24.3. The van der Waals surface area contributed by atoms with Gasteiger partial charge in [0.25, 0.3) is 5.56 Å². The molecule has 0 radical (unpaired) electrons. The SMILES string of the molecule is C=C(C)[C@H]1CC[C@@]2(C)S[P@](=S)(OC[C@H]3O[C@@H](n4cc(C)c(=O)[nH]c4=O)[C@H](O)[C@@H]3O[Si](C)(C)C(C)(C)C)O[C@@H]2C1. The molecule has 2 aliphatic heterocycles. The van der Waals surface area contributed by atoms with E-state index in [1.54, 1.807) is 18.3 Å². The molecule has 0 bridgehead atoms. The van der Waals surface area contributed by atoms with E-state index < -0.39 is 49.8 Å².